The molecule has 0 amide bonds. The van der Waals surface area contributed by atoms with E-state index < -0.39 is 8.07 Å². The Hall–Kier alpha value is -8.70. The lowest BCUT2D eigenvalue weighted by atomic mass is 9.92. The summed E-state index contributed by atoms with van der Waals surface area (Å²) in [6.07, 6.45) is 0. The molecule has 0 saturated heterocycles. The SMILES string of the molecule is c1ccc(-c2cc(-c3ccc4oc5ccccc5c4c3)cc(-c3cc(-c4cccc(-c5cccc6c5-c5ccccc5[Si]6(c5ccccc5)c5ccccc5)c4)nc(-c4ccccc4)n3)c2)cc1. The van der Waals surface area contributed by atoms with Gasteiger partial charge in [-0.2, -0.15) is 0 Å². The van der Waals surface area contributed by atoms with Gasteiger partial charge in [-0.05, 0) is 114 Å². The Bertz CT molecular complexity index is 3810. The van der Waals surface area contributed by atoms with Crippen molar-refractivity contribution in [1.82, 2.24) is 9.97 Å². The molecule has 3 heterocycles. The lowest BCUT2D eigenvalue weighted by Gasteiger charge is -2.31. The highest BCUT2D eigenvalue weighted by Gasteiger charge is 2.49. The van der Waals surface area contributed by atoms with Crippen molar-refractivity contribution < 1.29 is 4.42 Å². The first-order chi connectivity index (χ1) is 33.7. The summed E-state index contributed by atoms with van der Waals surface area (Å²) >= 11 is 0. The predicted molar refractivity (Wildman–Crippen MR) is 285 cm³/mol. The van der Waals surface area contributed by atoms with Gasteiger partial charge in [-0.15, -0.1) is 0 Å². The van der Waals surface area contributed by atoms with E-state index in [4.69, 9.17) is 14.4 Å². The van der Waals surface area contributed by atoms with E-state index in [1.807, 2.05) is 18.2 Å². The van der Waals surface area contributed by atoms with Crippen LogP contribution in [0.5, 0.6) is 0 Å². The second kappa shape index (κ2) is 16.3. The quantitative estimate of drug-likeness (QED) is 0.143. The smallest absolute Gasteiger partial charge is 0.180 e. The first-order valence-corrected chi connectivity index (χ1v) is 25.2. The molecule has 4 heteroatoms. The van der Waals surface area contributed by atoms with Crippen LogP contribution in [0.25, 0.3) is 100 Å². The molecule has 0 aliphatic carbocycles. The van der Waals surface area contributed by atoms with Crippen molar-refractivity contribution in [3.05, 3.63) is 255 Å². The average molecular weight is 883 g/mol. The summed E-state index contributed by atoms with van der Waals surface area (Å²) in [5.74, 6) is 0.678. The van der Waals surface area contributed by atoms with Crippen LogP contribution in [0.3, 0.4) is 0 Å². The molecule has 0 radical (unpaired) electrons. The zero-order chi connectivity index (χ0) is 45.0. The number of benzene rings is 10. The van der Waals surface area contributed by atoms with Gasteiger partial charge in [0.1, 0.15) is 11.2 Å². The highest BCUT2D eigenvalue weighted by atomic mass is 28.3. The summed E-state index contributed by atoms with van der Waals surface area (Å²) in [6.45, 7) is 0. The minimum atomic E-state index is -2.66. The van der Waals surface area contributed by atoms with Crippen molar-refractivity contribution in [3.63, 3.8) is 0 Å². The maximum atomic E-state index is 6.24. The van der Waals surface area contributed by atoms with Crippen LogP contribution in [-0.2, 0) is 0 Å². The number of furan rings is 1. The number of hydrogen-bond donors (Lipinski definition) is 0. The normalized spacial score (nSPS) is 12.5. The monoisotopic (exact) mass is 882 g/mol. The Labute approximate surface area is 396 Å². The molecule has 3 nitrogen and oxygen atoms in total. The van der Waals surface area contributed by atoms with Gasteiger partial charge in [0.2, 0.25) is 0 Å². The summed E-state index contributed by atoms with van der Waals surface area (Å²) in [4.78, 5) is 10.7. The lowest BCUT2D eigenvalue weighted by Crippen LogP contribution is -2.72. The van der Waals surface area contributed by atoms with Gasteiger partial charge < -0.3 is 4.42 Å². The third kappa shape index (κ3) is 6.57. The van der Waals surface area contributed by atoms with Crippen LogP contribution in [0.15, 0.2) is 259 Å². The van der Waals surface area contributed by atoms with E-state index in [2.05, 4.69) is 237 Å². The molecule has 0 spiro atoms. The number of hydrogen-bond acceptors (Lipinski definition) is 3. The number of fused-ring (bicyclic) bond motifs is 6. The molecule has 0 fully saturated rings. The molecular weight excluding hydrogens is 841 g/mol. The fourth-order valence-electron chi connectivity index (χ4n) is 10.7. The number of nitrogens with zero attached hydrogens (tertiary/aromatic N) is 2. The molecule has 0 bridgehead atoms. The topological polar surface area (TPSA) is 38.9 Å². The van der Waals surface area contributed by atoms with Gasteiger partial charge >= 0.3 is 0 Å². The van der Waals surface area contributed by atoms with Gasteiger partial charge in [-0.25, -0.2) is 9.97 Å². The van der Waals surface area contributed by atoms with E-state index in [9.17, 15) is 0 Å². The first-order valence-electron chi connectivity index (χ1n) is 23.2. The van der Waals surface area contributed by atoms with Crippen molar-refractivity contribution in [1.29, 1.82) is 0 Å². The molecule has 0 atom stereocenters. The van der Waals surface area contributed by atoms with Crippen LogP contribution in [0.1, 0.15) is 0 Å². The molecular formula is C64H42N2OSi. The van der Waals surface area contributed by atoms with E-state index in [1.165, 1.54) is 37.4 Å². The van der Waals surface area contributed by atoms with Crippen molar-refractivity contribution in [3.8, 4) is 78.4 Å². The van der Waals surface area contributed by atoms with Gasteiger partial charge in [-0.3, -0.25) is 0 Å². The standard InChI is InChI=1S/C64H42N2OSi/c1-5-19-43(20-6-1)48-38-49(45-35-36-60-56(41-45)54-29-13-15-32-59(54)67-60)40-50(39-48)58-42-57(65-64(66-58)44-21-7-2-8-22-44)47-24-17-23-46(37-47)53-31-18-34-62-63(53)55-30-14-16-33-61(55)68(62,51-25-9-3-10-26-51)52-27-11-4-12-28-52/h1-42H. The van der Waals surface area contributed by atoms with Crippen LogP contribution in [0, 0.1) is 0 Å². The molecule has 10 aromatic carbocycles. The van der Waals surface area contributed by atoms with Crippen molar-refractivity contribution in [2.75, 3.05) is 0 Å². The summed E-state index contributed by atoms with van der Waals surface area (Å²) in [7, 11) is -2.66. The van der Waals surface area contributed by atoms with E-state index in [1.54, 1.807) is 0 Å². The maximum absolute atomic E-state index is 6.24. The van der Waals surface area contributed by atoms with Crippen LogP contribution in [-0.4, -0.2) is 18.0 Å². The molecule has 0 N–H and O–H groups in total. The van der Waals surface area contributed by atoms with Gasteiger partial charge in [0, 0.05) is 27.5 Å². The fraction of sp³-hybridized carbons (Fsp3) is 0. The van der Waals surface area contributed by atoms with Crippen LogP contribution >= 0.6 is 0 Å². The first kappa shape index (κ1) is 39.6. The molecule has 12 aromatic rings. The zero-order valence-corrected chi connectivity index (χ0v) is 38.1. The van der Waals surface area contributed by atoms with E-state index in [0.29, 0.717) is 5.82 Å². The Balaban J connectivity index is 0.990. The van der Waals surface area contributed by atoms with Crippen molar-refractivity contribution >= 4 is 50.8 Å². The lowest BCUT2D eigenvalue weighted by molar-refractivity contribution is 0.669. The summed E-state index contributed by atoms with van der Waals surface area (Å²) < 4.78 is 6.24. The minimum absolute atomic E-state index is 0.678. The molecule has 68 heavy (non-hydrogen) atoms. The molecule has 318 valence electrons. The Morgan fingerprint density at radius 3 is 1.56 bits per heavy atom. The summed E-state index contributed by atoms with van der Waals surface area (Å²) in [5.41, 5.74) is 15.9. The van der Waals surface area contributed by atoms with Crippen molar-refractivity contribution in [2.24, 2.45) is 0 Å². The second-order valence-electron chi connectivity index (χ2n) is 17.6. The van der Waals surface area contributed by atoms with E-state index >= 15 is 0 Å². The molecule has 2 aromatic heterocycles. The Kier molecular flexibility index (Phi) is 9.51. The van der Waals surface area contributed by atoms with Gasteiger partial charge in [0.05, 0.1) is 11.4 Å². The number of para-hydroxylation sites is 1. The van der Waals surface area contributed by atoms with Crippen LogP contribution in [0.4, 0.5) is 0 Å². The van der Waals surface area contributed by atoms with Crippen LogP contribution < -0.4 is 20.7 Å². The van der Waals surface area contributed by atoms with Crippen LogP contribution in [0.2, 0.25) is 0 Å². The van der Waals surface area contributed by atoms with Gasteiger partial charge in [0.15, 0.2) is 13.9 Å². The fourth-order valence-corrected chi connectivity index (χ4v) is 15.9. The highest BCUT2D eigenvalue weighted by Crippen LogP contribution is 2.40. The predicted octanol–water partition coefficient (Wildman–Crippen LogP) is 13.7. The second-order valence-corrected chi connectivity index (χ2v) is 21.4. The molecule has 0 unspecified atom stereocenters. The summed E-state index contributed by atoms with van der Waals surface area (Å²) in [6, 6.07) is 92.1. The number of rotatable bonds is 8. The van der Waals surface area contributed by atoms with E-state index in [0.717, 1.165) is 77.8 Å². The molecule has 1 aliphatic rings. The summed E-state index contributed by atoms with van der Waals surface area (Å²) in [5, 5.41) is 7.84. The van der Waals surface area contributed by atoms with Crippen molar-refractivity contribution in [2.45, 2.75) is 0 Å². The number of aromatic nitrogens is 2. The Morgan fingerprint density at radius 1 is 0.294 bits per heavy atom. The molecule has 0 saturated carbocycles. The Morgan fingerprint density at radius 2 is 0.809 bits per heavy atom. The van der Waals surface area contributed by atoms with Gasteiger partial charge in [0.25, 0.3) is 0 Å². The zero-order valence-electron chi connectivity index (χ0n) is 37.1. The maximum Gasteiger partial charge on any atom is 0.180 e. The molecule has 1 aliphatic heterocycles. The van der Waals surface area contributed by atoms with Gasteiger partial charge in [-0.1, -0.05) is 206 Å². The molecule has 13 rings (SSSR count). The highest BCUT2D eigenvalue weighted by molar-refractivity contribution is 7.22. The third-order valence-electron chi connectivity index (χ3n) is 13.8. The third-order valence-corrected chi connectivity index (χ3v) is 18.6. The van der Waals surface area contributed by atoms with E-state index in [-0.39, 0.29) is 0 Å². The minimum Gasteiger partial charge on any atom is -0.456 e. The average Bonchev–Trinajstić information content (AvgIpc) is 3.95. The largest absolute Gasteiger partial charge is 0.456 e.